The maximum atomic E-state index is 11.7. The quantitative estimate of drug-likeness (QED) is 0.557. The van der Waals surface area contributed by atoms with Gasteiger partial charge in [-0.2, -0.15) is 0 Å². The molecule has 0 aromatic carbocycles. The van der Waals surface area contributed by atoms with Crippen molar-refractivity contribution in [3.63, 3.8) is 0 Å². The number of hydrogen-bond acceptors (Lipinski definition) is 6. The summed E-state index contributed by atoms with van der Waals surface area (Å²) in [6, 6.07) is 0. The summed E-state index contributed by atoms with van der Waals surface area (Å²) in [5.41, 5.74) is -0.0816. The molecule has 1 fully saturated rings. The van der Waals surface area contributed by atoms with Crippen molar-refractivity contribution in [2.75, 3.05) is 6.61 Å². The predicted octanol–water partition coefficient (Wildman–Crippen LogP) is -0.117. The fourth-order valence-electron chi connectivity index (χ4n) is 1.99. The molecule has 0 bridgehead atoms. The van der Waals surface area contributed by atoms with Gasteiger partial charge >= 0.3 is 0 Å². The third-order valence-electron chi connectivity index (χ3n) is 3.03. The highest BCUT2D eigenvalue weighted by Crippen LogP contribution is 2.29. The minimum atomic E-state index is -1.26. The molecular weight excluding hydrogens is 352 g/mol. The van der Waals surface area contributed by atoms with E-state index >= 15 is 0 Å². The second kappa shape index (κ2) is 6.29. The van der Waals surface area contributed by atoms with E-state index < -0.39 is 31.1 Å². The summed E-state index contributed by atoms with van der Waals surface area (Å²) in [6.45, 7) is -0.431. The number of H-pyrrole nitrogens is 1. The van der Waals surface area contributed by atoms with E-state index in [0.717, 1.165) is 0 Å². The lowest BCUT2D eigenvalue weighted by Gasteiger charge is -2.18. The Morgan fingerprint density at radius 3 is 2.75 bits per heavy atom. The standard InChI is InChI=1S/C11H13BrN2O5S/c12-2-1-5-3-14(11(20)13-9(5)18)10-8(17)7(16)6(4-15)19-10/h1-3,6-8,10,15-17H,4H2,(H,13,18,20)/b2-1+/t6-,7-,8-,10-/m1/s1. The van der Waals surface area contributed by atoms with E-state index in [1.54, 1.807) is 0 Å². The van der Waals surface area contributed by atoms with Crippen LogP contribution >= 0.6 is 28.1 Å². The molecule has 4 N–H and O–H groups in total. The van der Waals surface area contributed by atoms with Gasteiger partial charge in [0.15, 0.2) is 11.0 Å². The fraction of sp³-hybridized carbons (Fsp3) is 0.455. The van der Waals surface area contributed by atoms with Gasteiger partial charge in [-0.1, -0.05) is 15.9 Å². The summed E-state index contributed by atoms with van der Waals surface area (Å²) >= 11 is 8.09. The van der Waals surface area contributed by atoms with Crippen molar-refractivity contribution in [2.24, 2.45) is 0 Å². The third-order valence-corrected chi connectivity index (χ3v) is 3.61. The number of aliphatic hydroxyl groups excluding tert-OH is 3. The molecule has 1 aromatic heterocycles. The molecule has 1 aliphatic heterocycles. The molecule has 2 rings (SSSR count). The topological polar surface area (TPSA) is 108 Å². The molecule has 20 heavy (non-hydrogen) atoms. The molecule has 1 aromatic rings. The van der Waals surface area contributed by atoms with Crippen LogP contribution in [0.15, 0.2) is 16.0 Å². The molecule has 0 radical (unpaired) electrons. The minimum absolute atomic E-state index is 0.0524. The molecule has 0 spiro atoms. The lowest BCUT2D eigenvalue weighted by atomic mass is 10.1. The van der Waals surface area contributed by atoms with Crippen LogP contribution in [0.2, 0.25) is 0 Å². The van der Waals surface area contributed by atoms with Crippen molar-refractivity contribution in [3.05, 3.63) is 31.9 Å². The van der Waals surface area contributed by atoms with Gasteiger partial charge in [-0.05, 0) is 23.3 Å². The maximum absolute atomic E-state index is 11.7. The van der Waals surface area contributed by atoms with Gasteiger partial charge in [-0.25, -0.2) is 0 Å². The number of halogens is 1. The lowest BCUT2D eigenvalue weighted by Crippen LogP contribution is -2.33. The Morgan fingerprint density at radius 2 is 2.20 bits per heavy atom. The van der Waals surface area contributed by atoms with Crippen LogP contribution in [0.5, 0.6) is 0 Å². The van der Waals surface area contributed by atoms with Crippen LogP contribution in [-0.4, -0.2) is 49.8 Å². The van der Waals surface area contributed by atoms with Gasteiger partial charge in [-0.3, -0.25) is 14.3 Å². The number of aromatic amines is 1. The molecule has 7 nitrogen and oxygen atoms in total. The van der Waals surface area contributed by atoms with Gasteiger partial charge < -0.3 is 20.1 Å². The highest BCUT2D eigenvalue weighted by atomic mass is 79.9. The van der Waals surface area contributed by atoms with Crippen LogP contribution in [-0.2, 0) is 4.74 Å². The van der Waals surface area contributed by atoms with Gasteiger partial charge in [0, 0.05) is 6.20 Å². The molecule has 0 saturated carbocycles. The Bertz CT molecular complexity index is 628. The number of rotatable bonds is 3. The van der Waals surface area contributed by atoms with Crippen LogP contribution in [0.4, 0.5) is 0 Å². The SMILES string of the molecule is O=c1[nH]c(=S)n([C@@H]2O[C@H](CO)[C@@H](O)[C@H]2O)cc1/C=C/Br. The van der Waals surface area contributed by atoms with E-state index in [4.69, 9.17) is 22.1 Å². The van der Waals surface area contributed by atoms with Crippen LogP contribution in [0, 0.1) is 4.77 Å². The number of hydrogen-bond donors (Lipinski definition) is 4. The van der Waals surface area contributed by atoms with Crippen LogP contribution < -0.4 is 5.56 Å². The zero-order chi connectivity index (χ0) is 14.9. The Labute approximate surface area is 127 Å². The predicted molar refractivity (Wildman–Crippen MR) is 76.9 cm³/mol. The molecule has 1 saturated heterocycles. The third kappa shape index (κ3) is 2.78. The second-order valence-electron chi connectivity index (χ2n) is 4.27. The van der Waals surface area contributed by atoms with E-state index in [9.17, 15) is 15.0 Å². The smallest absolute Gasteiger partial charge is 0.258 e. The zero-order valence-electron chi connectivity index (χ0n) is 10.1. The van der Waals surface area contributed by atoms with E-state index in [0.29, 0.717) is 5.56 Å². The van der Waals surface area contributed by atoms with Crippen LogP contribution in [0.3, 0.4) is 0 Å². The lowest BCUT2D eigenvalue weighted by molar-refractivity contribution is -0.0541. The molecule has 1 aliphatic rings. The molecule has 110 valence electrons. The highest BCUT2D eigenvalue weighted by Gasteiger charge is 2.43. The fourth-order valence-corrected chi connectivity index (χ4v) is 2.52. The van der Waals surface area contributed by atoms with Crippen molar-refractivity contribution in [1.82, 2.24) is 9.55 Å². The number of ether oxygens (including phenoxy) is 1. The summed E-state index contributed by atoms with van der Waals surface area (Å²) < 4.78 is 6.75. The minimum Gasteiger partial charge on any atom is -0.394 e. The van der Waals surface area contributed by atoms with Crippen LogP contribution in [0.1, 0.15) is 11.8 Å². The van der Waals surface area contributed by atoms with Gasteiger partial charge in [0.2, 0.25) is 0 Å². The van der Waals surface area contributed by atoms with E-state index in [1.807, 2.05) is 0 Å². The van der Waals surface area contributed by atoms with Crippen molar-refractivity contribution in [1.29, 1.82) is 0 Å². The monoisotopic (exact) mass is 364 g/mol. The normalized spacial score (nSPS) is 30.2. The first-order chi connectivity index (χ1) is 9.49. The number of aromatic nitrogens is 2. The van der Waals surface area contributed by atoms with E-state index in [2.05, 4.69) is 20.9 Å². The molecular formula is C11H13BrN2O5S. The second-order valence-corrected chi connectivity index (χ2v) is 5.19. The summed E-state index contributed by atoms with van der Waals surface area (Å²) in [7, 11) is 0. The van der Waals surface area contributed by atoms with Gasteiger partial charge in [0.25, 0.3) is 5.56 Å². The van der Waals surface area contributed by atoms with Gasteiger partial charge in [0.1, 0.15) is 18.3 Å². The average Bonchev–Trinajstić information content (AvgIpc) is 2.70. The Balaban J connectivity index is 2.46. The summed E-state index contributed by atoms with van der Waals surface area (Å²) in [4.78, 5) is 15.6. The molecule has 0 amide bonds. The number of aliphatic hydroxyl groups is 3. The molecule has 0 aliphatic carbocycles. The largest absolute Gasteiger partial charge is 0.394 e. The zero-order valence-corrected chi connectivity index (χ0v) is 12.5. The van der Waals surface area contributed by atoms with E-state index in [-0.39, 0.29) is 10.3 Å². The first kappa shape index (κ1) is 15.5. The van der Waals surface area contributed by atoms with Crippen molar-refractivity contribution in [2.45, 2.75) is 24.5 Å². The molecule has 9 heteroatoms. The highest BCUT2D eigenvalue weighted by molar-refractivity contribution is 9.11. The number of nitrogens with zero attached hydrogens (tertiary/aromatic N) is 1. The Morgan fingerprint density at radius 1 is 1.50 bits per heavy atom. The van der Waals surface area contributed by atoms with Crippen molar-refractivity contribution in [3.8, 4) is 0 Å². The van der Waals surface area contributed by atoms with E-state index in [1.165, 1.54) is 21.8 Å². The molecule has 2 heterocycles. The molecule has 0 unspecified atom stereocenters. The summed E-state index contributed by atoms with van der Waals surface area (Å²) in [5.74, 6) is 0. The Hall–Kier alpha value is -0.840. The van der Waals surface area contributed by atoms with Gasteiger partial charge in [0.05, 0.1) is 12.2 Å². The molecule has 4 atom stereocenters. The maximum Gasteiger partial charge on any atom is 0.258 e. The Kier molecular flexibility index (Phi) is 4.89. The van der Waals surface area contributed by atoms with Crippen molar-refractivity contribution >= 4 is 34.2 Å². The first-order valence-electron chi connectivity index (χ1n) is 5.74. The van der Waals surface area contributed by atoms with Crippen molar-refractivity contribution < 1.29 is 20.1 Å². The summed E-state index contributed by atoms with van der Waals surface area (Å²) in [6.07, 6.45) is -1.45. The first-order valence-corrected chi connectivity index (χ1v) is 7.06. The van der Waals surface area contributed by atoms with Crippen LogP contribution in [0.25, 0.3) is 6.08 Å². The van der Waals surface area contributed by atoms with Gasteiger partial charge in [-0.15, -0.1) is 0 Å². The summed E-state index contributed by atoms with van der Waals surface area (Å²) in [5, 5.41) is 28.8. The average molecular weight is 365 g/mol. The number of nitrogens with one attached hydrogen (secondary N) is 1.